The Balaban J connectivity index is 1.41. The Kier molecular flexibility index (Phi) is 8.20. The number of hydrogen-bond donors (Lipinski definition) is 1. The normalized spacial score (nSPS) is 11.3. The number of rotatable bonds is 11. The number of carbonyl (C=O) groups excluding carboxylic acids is 1. The second-order valence-corrected chi connectivity index (χ2v) is 8.40. The van der Waals surface area contributed by atoms with Crippen molar-refractivity contribution in [2.75, 3.05) is 13.1 Å². The zero-order valence-corrected chi connectivity index (χ0v) is 18.3. The Morgan fingerprint density at radius 3 is 2.48 bits per heavy atom. The van der Waals surface area contributed by atoms with Gasteiger partial charge in [-0.05, 0) is 55.6 Å². The number of para-hydroxylation sites is 1. The second kappa shape index (κ2) is 11.1. The number of aryl methyl sites for hydroxylation is 1. The molecule has 0 atom stereocenters. The predicted octanol–water partition coefficient (Wildman–Crippen LogP) is 5.17. The zero-order valence-electron chi connectivity index (χ0n) is 17.5. The van der Waals surface area contributed by atoms with Gasteiger partial charge in [0.15, 0.2) is 0 Å². The molecule has 0 radical (unpaired) electrons. The Morgan fingerprint density at radius 1 is 1.00 bits per heavy atom. The summed E-state index contributed by atoms with van der Waals surface area (Å²) in [6, 6.07) is 16.6. The van der Waals surface area contributed by atoms with Gasteiger partial charge in [0.1, 0.15) is 0 Å². The van der Waals surface area contributed by atoms with Gasteiger partial charge in [-0.25, -0.2) is 4.98 Å². The van der Waals surface area contributed by atoms with Crippen LogP contribution < -0.4 is 5.32 Å². The zero-order chi connectivity index (χ0) is 20.5. The van der Waals surface area contributed by atoms with E-state index in [9.17, 15) is 4.79 Å². The molecule has 1 N–H and O–H groups in total. The van der Waals surface area contributed by atoms with Crippen LogP contribution in [0, 0.1) is 0 Å². The molecule has 1 amide bonds. The first kappa shape index (κ1) is 21.5. The summed E-state index contributed by atoms with van der Waals surface area (Å²) in [5.41, 5.74) is 3.59. The fourth-order valence-electron chi connectivity index (χ4n) is 3.44. The van der Waals surface area contributed by atoms with Crippen molar-refractivity contribution in [2.45, 2.75) is 52.6 Å². The van der Waals surface area contributed by atoms with Crippen molar-refractivity contribution in [1.29, 1.82) is 0 Å². The van der Waals surface area contributed by atoms with Gasteiger partial charge in [-0.3, -0.25) is 9.69 Å². The molecule has 0 fully saturated rings. The van der Waals surface area contributed by atoms with E-state index < -0.39 is 0 Å². The van der Waals surface area contributed by atoms with E-state index in [0.29, 0.717) is 13.0 Å². The van der Waals surface area contributed by atoms with E-state index in [-0.39, 0.29) is 5.91 Å². The minimum atomic E-state index is 0.131. The highest BCUT2D eigenvalue weighted by Gasteiger charge is 2.08. The summed E-state index contributed by atoms with van der Waals surface area (Å²) < 4.78 is 1.24. The topological polar surface area (TPSA) is 45.2 Å². The number of unbranched alkanes of at least 4 members (excludes halogenated alkanes) is 1. The van der Waals surface area contributed by atoms with E-state index in [0.717, 1.165) is 49.4 Å². The first-order chi connectivity index (χ1) is 14.2. The molecule has 1 heterocycles. The molecule has 0 aliphatic heterocycles. The fourth-order valence-corrected chi connectivity index (χ4v) is 4.45. The lowest BCUT2D eigenvalue weighted by atomic mass is 10.1. The summed E-state index contributed by atoms with van der Waals surface area (Å²) in [4.78, 5) is 19.3. The minimum Gasteiger partial charge on any atom is -0.352 e. The maximum absolute atomic E-state index is 12.3. The van der Waals surface area contributed by atoms with Gasteiger partial charge in [-0.2, -0.15) is 0 Å². The van der Waals surface area contributed by atoms with Crippen LogP contribution in [-0.2, 0) is 24.3 Å². The molecule has 3 rings (SSSR count). The van der Waals surface area contributed by atoms with Gasteiger partial charge in [0.25, 0.3) is 0 Å². The maximum Gasteiger partial charge on any atom is 0.220 e. The molecule has 0 saturated heterocycles. The van der Waals surface area contributed by atoms with Crippen molar-refractivity contribution < 1.29 is 4.79 Å². The number of aromatic nitrogens is 1. The van der Waals surface area contributed by atoms with Gasteiger partial charge in [-0.15, -0.1) is 11.3 Å². The second-order valence-electron chi connectivity index (χ2n) is 7.29. The monoisotopic (exact) mass is 409 g/mol. The molecule has 0 spiro atoms. The van der Waals surface area contributed by atoms with Crippen LogP contribution in [-0.4, -0.2) is 28.9 Å². The molecule has 4 nitrogen and oxygen atoms in total. The van der Waals surface area contributed by atoms with E-state index >= 15 is 0 Å². The number of thiazole rings is 1. The molecule has 2 aromatic carbocycles. The van der Waals surface area contributed by atoms with Crippen LogP contribution in [0.4, 0.5) is 0 Å². The standard InChI is InChI=1S/C24H31N3OS/c1-3-27(4-2)18-20-12-6-5-11-19(20)17-25-23(28)15-9-10-16-24-26-21-13-7-8-14-22(21)29-24/h5-8,11-14H,3-4,9-10,15-18H2,1-2H3,(H,25,28). The first-order valence-corrected chi connectivity index (χ1v) is 11.4. The predicted molar refractivity (Wildman–Crippen MR) is 122 cm³/mol. The first-order valence-electron chi connectivity index (χ1n) is 10.6. The largest absolute Gasteiger partial charge is 0.352 e. The average Bonchev–Trinajstić information content (AvgIpc) is 3.17. The van der Waals surface area contributed by atoms with Crippen LogP contribution in [0.1, 0.15) is 49.2 Å². The Labute approximate surface area is 178 Å². The number of hydrogen-bond acceptors (Lipinski definition) is 4. The third-order valence-corrected chi connectivity index (χ3v) is 6.36. The van der Waals surface area contributed by atoms with Crippen molar-refractivity contribution in [1.82, 2.24) is 15.2 Å². The van der Waals surface area contributed by atoms with Gasteiger partial charge in [0, 0.05) is 19.5 Å². The SMILES string of the molecule is CCN(CC)Cc1ccccc1CNC(=O)CCCCc1nc2ccccc2s1. The van der Waals surface area contributed by atoms with Crippen molar-refractivity contribution in [3.8, 4) is 0 Å². The minimum absolute atomic E-state index is 0.131. The van der Waals surface area contributed by atoms with Gasteiger partial charge >= 0.3 is 0 Å². The average molecular weight is 410 g/mol. The number of amides is 1. The lowest BCUT2D eigenvalue weighted by molar-refractivity contribution is -0.121. The van der Waals surface area contributed by atoms with Crippen molar-refractivity contribution in [3.63, 3.8) is 0 Å². The van der Waals surface area contributed by atoms with E-state index in [1.54, 1.807) is 11.3 Å². The highest BCUT2D eigenvalue weighted by Crippen LogP contribution is 2.22. The maximum atomic E-state index is 12.3. The number of carbonyl (C=O) groups is 1. The number of nitrogens with one attached hydrogen (secondary N) is 1. The Bertz CT molecular complexity index is 884. The summed E-state index contributed by atoms with van der Waals surface area (Å²) in [6.07, 6.45) is 3.40. The van der Waals surface area contributed by atoms with Crippen molar-refractivity contribution in [2.24, 2.45) is 0 Å². The summed E-state index contributed by atoms with van der Waals surface area (Å²) >= 11 is 1.76. The van der Waals surface area contributed by atoms with Gasteiger partial charge < -0.3 is 5.32 Å². The summed E-state index contributed by atoms with van der Waals surface area (Å²) in [6.45, 7) is 7.97. The summed E-state index contributed by atoms with van der Waals surface area (Å²) in [5.74, 6) is 0.131. The number of fused-ring (bicyclic) bond motifs is 1. The van der Waals surface area contributed by atoms with Crippen molar-refractivity contribution >= 4 is 27.5 Å². The summed E-state index contributed by atoms with van der Waals surface area (Å²) in [5, 5.41) is 4.26. The fraction of sp³-hybridized carbons (Fsp3) is 0.417. The van der Waals surface area contributed by atoms with Gasteiger partial charge in [-0.1, -0.05) is 50.2 Å². The molecule has 29 heavy (non-hydrogen) atoms. The molecule has 0 saturated carbocycles. The number of nitrogens with zero attached hydrogens (tertiary/aromatic N) is 2. The van der Waals surface area contributed by atoms with Crippen LogP contribution in [0.5, 0.6) is 0 Å². The molecular weight excluding hydrogens is 378 g/mol. The lowest BCUT2D eigenvalue weighted by Gasteiger charge is -2.20. The molecule has 154 valence electrons. The molecule has 1 aromatic heterocycles. The third kappa shape index (κ3) is 6.38. The molecule has 3 aromatic rings. The highest BCUT2D eigenvalue weighted by molar-refractivity contribution is 7.18. The van der Waals surface area contributed by atoms with E-state index in [4.69, 9.17) is 0 Å². The van der Waals surface area contributed by atoms with Crippen LogP contribution >= 0.6 is 11.3 Å². The molecule has 0 unspecified atom stereocenters. The molecule has 0 bridgehead atoms. The smallest absolute Gasteiger partial charge is 0.220 e. The van der Waals surface area contributed by atoms with Crippen LogP contribution in [0.2, 0.25) is 0 Å². The lowest BCUT2D eigenvalue weighted by Crippen LogP contribution is -2.26. The van der Waals surface area contributed by atoms with Crippen LogP contribution in [0.25, 0.3) is 10.2 Å². The molecule has 0 aliphatic carbocycles. The van der Waals surface area contributed by atoms with Crippen LogP contribution in [0.15, 0.2) is 48.5 Å². The Morgan fingerprint density at radius 2 is 1.72 bits per heavy atom. The van der Waals surface area contributed by atoms with Gasteiger partial charge in [0.05, 0.1) is 15.2 Å². The van der Waals surface area contributed by atoms with Crippen molar-refractivity contribution in [3.05, 3.63) is 64.7 Å². The molecule has 0 aliphatic rings. The molecular formula is C24H31N3OS. The Hall–Kier alpha value is -2.24. The number of benzene rings is 2. The quantitative estimate of drug-likeness (QED) is 0.445. The van der Waals surface area contributed by atoms with E-state index in [1.165, 1.54) is 15.8 Å². The highest BCUT2D eigenvalue weighted by atomic mass is 32.1. The van der Waals surface area contributed by atoms with Crippen LogP contribution in [0.3, 0.4) is 0 Å². The van der Waals surface area contributed by atoms with E-state index in [1.807, 2.05) is 12.1 Å². The summed E-state index contributed by atoms with van der Waals surface area (Å²) in [7, 11) is 0. The molecule has 5 heteroatoms. The van der Waals surface area contributed by atoms with E-state index in [2.05, 4.69) is 65.4 Å². The third-order valence-electron chi connectivity index (χ3n) is 5.27. The van der Waals surface area contributed by atoms with Gasteiger partial charge in [0.2, 0.25) is 5.91 Å².